The van der Waals surface area contributed by atoms with Gasteiger partial charge >= 0.3 is 0 Å². The summed E-state index contributed by atoms with van der Waals surface area (Å²) in [5.74, 6) is 7.23. The van der Waals surface area contributed by atoms with E-state index in [4.69, 9.17) is 9.73 Å². The molecule has 0 N–H and O–H groups in total. The highest BCUT2D eigenvalue weighted by atomic mass is 16.5. The number of hydrogen-bond acceptors (Lipinski definition) is 2. The number of hydrogen-bond donors (Lipinski definition) is 0. The van der Waals surface area contributed by atoms with E-state index in [1.807, 2.05) is 60.7 Å². The van der Waals surface area contributed by atoms with Gasteiger partial charge in [-0.2, -0.15) is 0 Å². The molecule has 1 aliphatic heterocycles. The summed E-state index contributed by atoms with van der Waals surface area (Å²) in [6.45, 7) is 3.10. The molecular weight excluding hydrogens is 272 g/mol. The fourth-order valence-corrected chi connectivity index (χ4v) is 2.23. The van der Waals surface area contributed by atoms with Crippen molar-refractivity contribution in [2.24, 2.45) is 4.99 Å². The maximum atomic E-state index is 5.42. The standard InChI is InChI=1S/C19H18N2O/c1-3-7-17(8-4-1)11-12-19(21-13-15-22-16-14-21)20-18-9-5-2-6-10-18/h1-10H,13-16H2. The summed E-state index contributed by atoms with van der Waals surface area (Å²) in [5.41, 5.74) is 1.92. The van der Waals surface area contributed by atoms with Gasteiger partial charge in [-0.25, -0.2) is 4.99 Å². The van der Waals surface area contributed by atoms with Crippen LogP contribution in [0.15, 0.2) is 65.7 Å². The largest absolute Gasteiger partial charge is 0.378 e. The Balaban J connectivity index is 1.89. The summed E-state index contributed by atoms with van der Waals surface area (Å²) in [7, 11) is 0. The minimum atomic E-state index is 0.723. The second-order valence-electron chi connectivity index (χ2n) is 4.99. The van der Waals surface area contributed by atoms with Crippen molar-refractivity contribution in [2.45, 2.75) is 0 Å². The third-order valence-corrected chi connectivity index (χ3v) is 3.39. The number of para-hydroxylation sites is 1. The minimum absolute atomic E-state index is 0.723. The molecule has 22 heavy (non-hydrogen) atoms. The first kappa shape index (κ1) is 14.4. The van der Waals surface area contributed by atoms with E-state index in [0.717, 1.165) is 43.4 Å². The van der Waals surface area contributed by atoms with Crippen LogP contribution >= 0.6 is 0 Å². The molecule has 1 heterocycles. The molecule has 2 aromatic carbocycles. The molecule has 0 aliphatic carbocycles. The maximum absolute atomic E-state index is 5.42. The van der Waals surface area contributed by atoms with Crippen molar-refractivity contribution >= 4 is 11.5 Å². The normalized spacial score (nSPS) is 15.1. The smallest absolute Gasteiger partial charge is 0.182 e. The second kappa shape index (κ2) is 7.44. The lowest BCUT2D eigenvalue weighted by molar-refractivity contribution is 0.0687. The Hall–Kier alpha value is -2.57. The van der Waals surface area contributed by atoms with E-state index < -0.39 is 0 Å². The zero-order valence-electron chi connectivity index (χ0n) is 12.4. The third-order valence-electron chi connectivity index (χ3n) is 3.39. The molecule has 110 valence electrons. The first-order chi connectivity index (χ1) is 10.9. The maximum Gasteiger partial charge on any atom is 0.182 e. The van der Waals surface area contributed by atoms with Crippen LogP contribution in [0.3, 0.4) is 0 Å². The molecule has 1 aliphatic rings. The van der Waals surface area contributed by atoms with Gasteiger partial charge in [0.2, 0.25) is 0 Å². The van der Waals surface area contributed by atoms with E-state index >= 15 is 0 Å². The van der Waals surface area contributed by atoms with Crippen LogP contribution in [0.25, 0.3) is 0 Å². The quantitative estimate of drug-likeness (QED) is 0.458. The Morgan fingerprint density at radius 3 is 2.23 bits per heavy atom. The molecule has 0 saturated carbocycles. The molecule has 0 unspecified atom stereocenters. The van der Waals surface area contributed by atoms with E-state index in [9.17, 15) is 0 Å². The van der Waals surface area contributed by atoms with Gasteiger partial charge in [-0.05, 0) is 30.2 Å². The summed E-state index contributed by atoms with van der Waals surface area (Å²) >= 11 is 0. The van der Waals surface area contributed by atoms with Crippen molar-refractivity contribution in [1.82, 2.24) is 4.90 Å². The van der Waals surface area contributed by atoms with Crippen molar-refractivity contribution in [3.8, 4) is 11.8 Å². The van der Waals surface area contributed by atoms with Crippen molar-refractivity contribution in [1.29, 1.82) is 0 Å². The highest BCUT2D eigenvalue weighted by Gasteiger charge is 2.13. The average Bonchev–Trinajstić information content (AvgIpc) is 2.61. The van der Waals surface area contributed by atoms with E-state index in [1.165, 1.54) is 0 Å². The van der Waals surface area contributed by atoms with Crippen LogP contribution in [0.2, 0.25) is 0 Å². The van der Waals surface area contributed by atoms with Gasteiger partial charge in [0.25, 0.3) is 0 Å². The summed E-state index contributed by atoms with van der Waals surface area (Å²) in [6, 6.07) is 19.9. The fourth-order valence-electron chi connectivity index (χ4n) is 2.23. The SMILES string of the molecule is C(#Cc1ccccc1)C(=Nc1ccccc1)N1CCOCC1. The van der Waals surface area contributed by atoms with Crippen LogP contribution in [-0.2, 0) is 4.74 Å². The Morgan fingerprint density at radius 1 is 0.909 bits per heavy atom. The van der Waals surface area contributed by atoms with Gasteiger partial charge in [0, 0.05) is 18.7 Å². The summed E-state index contributed by atoms with van der Waals surface area (Å²) in [5, 5.41) is 0. The first-order valence-corrected chi connectivity index (χ1v) is 7.45. The lowest BCUT2D eigenvalue weighted by atomic mass is 10.2. The van der Waals surface area contributed by atoms with Crippen molar-refractivity contribution in [3.05, 3.63) is 66.2 Å². The van der Waals surface area contributed by atoms with Crippen LogP contribution in [0.4, 0.5) is 5.69 Å². The van der Waals surface area contributed by atoms with Gasteiger partial charge in [0.1, 0.15) is 0 Å². The van der Waals surface area contributed by atoms with Crippen LogP contribution < -0.4 is 0 Å². The number of ether oxygens (including phenoxy) is 1. The van der Waals surface area contributed by atoms with E-state index in [2.05, 4.69) is 16.7 Å². The zero-order valence-corrected chi connectivity index (χ0v) is 12.4. The van der Waals surface area contributed by atoms with E-state index in [-0.39, 0.29) is 0 Å². The van der Waals surface area contributed by atoms with Crippen LogP contribution in [-0.4, -0.2) is 37.0 Å². The van der Waals surface area contributed by atoms with Gasteiger partial charge in [0.05, 0.1) is 18.9 Å². The molecule has 0 amide bonds. The lowest BCUT2D eigenvalue weighted by Gasteiger charge is -2.27. The number of amidine groups is 1. The molecule has 2 aromatic rings. The summed E-state index contributed by atoms with van der Waals surface area (Å²) < 4.78 is 5.42. The fraction of sp³-hybridized carbons (Fsp3) is 0.211. The Labute approximate surface area is 131 Å². The lowest BCUT2D eigenvalue weighted by Crippen LogP contribution is -2.40. The average molecular weight is 290 g/mol. The highest BCUT2D eigenvalue weighted by Crippen LogP contribution is 2.12. The molecular formula is C19H18N2O. The monoisotopic (exact) mass is 290 g/mol. The predicted molar refractivity (Wildman–Crippen MR) is 89.2 cm³/mol. The highest BCUT2D eigenvalue weighted by molar-refractivity contribution is 6.00. The van der Waals surface area contributed by atoms with Crippen molar-refractivity contribution < 1.29 is 4.74 Å². The van der Waals surface area contributed by atoms with E-state index in [0.29, 0.717) is 0 Å². The molecule has 3 nitrogen and oxygen atoms in total. The molecule has 0 atom stereocenters. The molecule has 0 bridgehead atoms. The van der Waals surface area contributed by atoms with Gasteiger partial charge in [0.15, 0.2) is 5.84 Å². The van der Waals surface area contributed by atoms with Crippen molar-refractivity contribution in [3.63, 3.8) is 0 Å². The third kappa shape index (κ3) is 3.97. The molecule has 1 saturated heterocycles. The number of nitrogens with zero attached hydrogens (tertiary/aromatic N) is 2. The summed E-state index contributed by atoms with van der Waals surface area (Å²) in [4.78, 5) is 6.90. The van der Waals surface area contributed by atoms with Gasteiger partial charge in [-0.3, -0.25) is 0 Å². The minimum Gasteiger partial charge on any atom is -0.378 e. The molecule has 3 rings (SSSR count). The molecule has 0 radical (unpaired) electrons. The molecule has 1 fully saturated rings. The summed E-state index contributed by atoms with van der Waals surface area (Å²) in [6.07, 6.45) is 0. The first-order valence-electron chi connectivity index (χ1n) is 7.45. The molecule has 0 aromatic heterocycles. The second-order valence-corrected chi connectivity index (χ2v) is 4.99. The zero-order chi connectivity index (χ0) is 15.0. The van der Waals surface area contributed by atoms with Crippen LogP contribution in [0.1, 0.15) is 5.56 Å². The number of aliphatic imine (C=N–C) groups is 1. The molecule has 3 heteroatoms. The van der Waals surface area contributed by atoms with Crippen LogP contribution in [0.5, 0.6) is 0 Å². The Kier molecular flexibility index (Phi) is 4.86. The number of rotatable bonds is 1. The van der Waals surface area contributed by atoms with Crippen LogP contribution in [0, 0.1) is 11.8 Å². The number of benzene rings is 2. The van der Waals surface area contributed by atoms with Gasteiger partial charge < -0.3 is 9.64 Å². The molecule has 0 spiro atoms. The Morgan fingerprint density at radius 2 is 1.55 bits per heavy atom. The Bertz CT molecular complexity index is 678. The topological polar surface area (TPSA) is 24.8 Å². The predicted octanol–water partition coefficient (Wildman–Crippen LogP) is 3.10. The van der Waals surface area contributed by atoms with Gasteiger partial charge in [-0.15, -0.1) is 0 Å². The number of morpholine rings is 1. The van der Waals surface area contributed by atoms with Gasteiger partial charge in [-0.1, -0.05) is 42.3 Å². The van der Waals surface area contributed by atoms with E-state index in [1.54, 1.807) is 0 Å². The van der Waals surface area contributed by atoms with Crippen molar-refractivity contribution in [2.75, 3.05) is 26.3 Å².